The molecule has 0 bridgehead atoms. The normalized spacial score (nSPS) is 19.9. The van der Waals surface area contributed by atoms with Crippen molar-refractivity contribution < 1.29 is 4.79 Å². The first-order chi connectivity index (χ1) is 8.60. The number of likely N-dealkylation sites (tertiary alicyclic amines) is 1. The van der Waals surface area contributed by atoms with E-state index in [1.807, 2.05) is 0 Å². The number of piperidine rings is 1. The fraction of sp³-hybridized carbons (Fsp3) is 0.933. The van der Waals surface area contributed by atoms with Crippen molar-refractivity contribution in [1.29, 1.82) is 0 Å². The third-order valence-electron chi connectivity index (χ3n) is 4.42. The molecule has 0 aromatic rings. The van der Waals surface area contributed by atoms with Gasteiger partial charge in [-0.05, 0) is 45.2 Å². The molecule has 2 atom stereocenters. The molecule has 2 unspecified atom stereocenters. The van der Waals surface area contributed by atoms with E-state index in [-0.39, 0.29) is 0 Å². The Labute approximate surface area is 113 Å². The Bertz CT molecular complexity index is 245. The van der Waals surface area contributed by atoms with Gasteiger partial charge in [0, 0.05) is 25.6 Å². The number of carbonyl (C=O) groups excluding carboxylic acids is 1. The van der Waals surface area contributed by atoms with Crippen LogP contribution in [0.4, 0.5) is 0 Å². The van der Waals surface area contributed by atoms with Crippen molar-refractivity contribution >= 4 is 5.91 Å². The molecule has 0 saturated carbocycles. The molecule has 106 valence electrons. The monoisotopic (exact) mass is 254 g/mol. The number of carbonyl (C=O) groups is 1. The van der Waals surface area contributed by atoms with Crippen molar-refractivity contribution in [3.05, 3.63) is 0 Å². The first-order valence-electron chi connectivity index (χ1n) is 7.61. The van der Waals surface area contributed by atoms with E-state index in [0.717, 1.165) is 26.2 Å². The minimum atomic E-state index is 0.362. The summed E-state index contributed by atoms with van der Waals surface area (Å²) in [5, 5.41) is 0. The number of rotatable bonds is 6. The van der Waals surface area contributed by atoms with Crippen molar-refractivity contribution in [3.63, 3.8) is 0 Å². The second kappa shape index (κ2) is 7.78. The van der Waals surface area contributed by atoms with Crippen LogP contribution in [-0.2, 0) is 4.79 Å². The lowest BCUT2D eigenvalue weighted by atomic mass is 9.97. The Kier molecular flexibility index (Phi) is 6.69. The molecule has 1 aliphatic heterocycles. The van der Waals surface area contributed by atoms with Gasteiger partial charge in [0.1, 0.15) is 0 Å². The molecule has 0 aliphatic carbocycles. The molecule has 1 amide bonds. The van der Waals surface area contributed by atoms with Gasteiger partial charge in [0.25, 0.3) is 0 Å². The summed E-state index contributed by atoms with van der Waals surface area (Å²) in [6.07, 6.45) is 4.37. The average Bonchev–Trinajstić information content (AvgIpc) is 2.40. The fourth-order valence-corrected chi connectivity index (χ4v) is 2.88. The van der Waals surface area contributed by atoms with Gasteiger partial charge in [-0.3, -0.25) is 4.79 Å². The number of hydrogen-bond acceptors (Lipinski definition) is 2. The van der Waals surface area contributed by atoms with Crippen LogP contribution in [0.15, 0.2) is 0 Å². The first-order valence-corrected chi connectivity index (χ1v) is 7.61. The zero-order valence-corrected chi connectivity index (χ0v) is 12.6. The molecule has 1 rings (SSSR count). The molecule has 18 heavy (non-hydrogen) atoms. The molecule has 1 saturated heterocycles. The number of nitrogens with zero attached hydrogens (tertiary/aromatic N) is 2. The molecule has 0 spiro atoms. The van der Waals surface area contributed by atoms with Gasteiger partial charge in [0.15, 0.2) is 0 Å². The molecule has 0 N–H and O–H groups in total. The summed E-state index contributed by atoms with van der Waals surface area (Å²) < 4.78 is 0. The van der Waals surface area contributed by atoms with Crippen molar-refractivity contribution in [2.24, 2.45) is 5.92 Å². The molecule has 3 nitrogen and oxygen atoms in total. The maximum absolute atomic E-state index is 12.2. The predicted molar refractivity (Wildman–Crippen MR) is 76.6 cm³/mol. The van der Waals surface area contributed by atoms with E-state index in [1.165, 1.54) is 19.3 Å². The van der Waals surface area contributed by atoms with Crippen molar-refractivity contribution in [2.75, 3.05) is 26.2 Å². The summed E-state index contributed by atoms with van der Waals surface area (Å²) in [5.74, 6) is 0.806. The second-order valence-corrected chi connectivity index (χ2v) is 5.58. The zero-order chi connectivity index (χ0) is 13.5. The highest BCUT2D eigenvalue weighted by Gasteiger charge is 2.23. The van der Waals surface area contributed by atoms with Crippen LogP contribution in [0.2, 0.25) is 0 Å². The highest BCUT2D eigenvalue weighted by molar-refractivity contribution is 5.76. The maximum atomic E-state index is 12.2. The summed E-state index contributed by atoms with van der Waals surface area (Å²) >= 11 is 0. The highest BCUT2D eigenvalue weighted by Crippen LogP contribution is 2.18. The lowest BCUT2D eigenvalue weighted by Crippen LogP contribution is -2.41. The summed E-state index contributed by atoms with van der Waals surface area (Å²) in [4.78, 5) is 16.7. The van der Waals surface area contributed by atoms with Gasteiger partial charge in [-0.15, -0.1) is 0 Å². The van der Waals surface area contributed by atoms with Gasteiger partial charge >= 0.3 is 0 Å². The van der Waals surface area contributed by atoms with E-state index < -0.39 is 0 Å². The lowest BCUT2D eigenvalue weighted by Gasteiger charge is -2.33. The largest absolute Gasteiger partial charge is 0.343 e. The minimum Gasteiger partial charge on any atom is -0.343 e. The van der Waals surface area contributed by atoms with Gasteiger partial charge in [-0.2, -0.15) is 0 Å². The van der Waals surface area contributed by atoms with Gasteiger partial charge in [-0.1, -0.05) is 20.8 Å². The van der Waals surface area contributed by atoms with Gasteiger partial charge in [-0.25, -0.2) is 0 Å². The third kappa shape index (κ3) is 4.27. The molecular weight excluding hydrogens is 224 g/mol. The van der Waals surface area contributed by atoms with Crippen LogP contribution in [-0.4, -0.2) is 47.9 Å². The van der Waals surface area contributed by atoms with Crippen LogP contribution in [0.25, 0.3) is 0 Å². The zero-order valence-electron chi connectivity index (χ0n) is 12.6. The third-order valence-corrected chi connectivity index (χ3v) is 4.42. The highest BCUT2D eigenvalue weighted by atomic mass is 16.2. The van der Waals surface area contributed by atoms with E-state index >= 15 is 0 Å². The van der Waals surface area contributed by atoms with Crippen LogP contribution in [0.3, 0.4) is 0 Å². The molecule has 1 fully saturated rings. The van der Waals surface area contributed by atoms with Crippen LogP contribution >= 0.6 is 0 Å². The van der Waals surface area contributed by atoms with Gasteiger partial charge in [0.05, 0.1) is 0 Å². The molecule has 0 aromatic carbocycles. The predicted octanol–water partition coefficient (Wildman–Crippen LogP) is 2.76. The van der Waals surface area contributed by atoms with E-state index in [4.69, 9.17) is 0 Å². The van der Waals surface area contributed by atoms with Crippen LogP contribution in [0.1, 0.15) is 53.4 Å². The molecule has 0 aromatic heterocycles. The quantitative estimate of drug-likeness (QED) is 0.727. The number of hydrogen-bond donors (Lipinski definition) is 0. The maximum Gasteiger partial charge on any atom is 0.222 e. The first kappa shape index (κ1) is 15.5. The summed E-state index contributed by atoms with van der Waals surface area (Å²) in [6.45, 7) is 12.9. The Morgan fingerprint density at radius 2 is 1.67 bits per heavy atom. The van der Waals surface area contributed by atoms with E-state index in [2.05, 4.69) is 37.5 Å². The van der Waals surface area contributed by atoms with E-state index in [0.29, 0.717) is 24.3 Å². The second-order valence-electron chi connectivity index (χ2n) is 5.58. The van der Waals surface area contributed by atoms with Gasteiger partial charge < -0.3 is 9.80 Å². The summed E-state index contributed by atoms with van der Waals surface area (Å²) in [5.41, 5.74) is 0. The van der Waals surface area contributed by atoms with Crippen molar-refractivity contribution in [2.45, 2.75) is 59.4 Å². The minimum absolute atomic E-state index is 0.362. The average molecular weight is 254 g/mol. The standard InChI is InChI=1S/C15H30N2O/c1-5-16(6-2)14(4)13(3)12-15(18)17-10-8-7-9-11-17/h13-14H,5-12H2,1-4H3. The molecule has 3 heteroatoms. The Morgan fingerprint density at radius 1 is 1.11 bits per heavy atom. The van der Waals surface area contributed by atoms with Crippen LogP contribution in [0.5, 0.6) is 0 Å². The van der Waals surface area contributed by atoms with E-state index in [9.17, 15) is 4.79 Å². The fourth-order valence-electron chi connectivity index (χ4n) is 2.88. The lowest BCUT2D eigenvalue weighted by molar-refractivity contribution is -0.133. The summed E-state index contributed by atoms with van der Waals surface area (Å²) in [7, 11) is 0. The smallest absolute Gasteiger partial charge is 0.222 e. The van der Waals surface area contributed by atoms with Gasteiger partial charge in [0.2, 0.25) is 5.91 Å². The molecule has 1 heterocycles. The Balaban J connectivity index is 2.42. The topological polar surface area (TPSA) is 23.6 Å². The van der Waals surface area contributed by atoms with Crippen LogP contribution < -0.4 is 0 Å². The Hall–Kier alpha value is -0.570. The number of amides is 1. The molecular formula is C15H30N2O. The molecule has 1 aliphatic rings. The van der Waals surface area contributed by atoms with Crippen molar-refractivity contribution in [3.8, 4) is 0 Å². The molecule has 0 radical (unpaired) electrons. The van der Waals surface area contributed by atoms with Crippen LogP contribution in [0, 0.1) is 5.92 Å². The van der Waals surface area contributed by atoms with E-state index in [1.54, 1.807) is 0 Å². The van der Waals surface area contributed by atoms with Crippen molar-refractivity contribution in [1.82, 2.24) is 9.80 Å². The SMILES string of the molecule is CCN(CC)C(C)C(C)CC(=O)N1CCCCC1. The Morgan fingerprint density at radius 3 is 2.17 bits per heavy atom. The summed E-state index contributed by atoms with van der Waals surface area (Å²) in [6, 6.07) is 0.494.